The van der Waals surface area contributed by atoms with Gasteiger partial charge in [0.15, 0.2) is 0 Å². The molecule has 5 aromatic rings. The van der Waals surface area contributed by atoms with E-state index in [1.807, 2.05) is 61.5 Å². The lowest BCUT2D eigenvalue weighted by Gasteiger charge is -2.13. The van der Waals surface area contributed by atoms with Crippen LogP contribution in [0.3, 0.4) is 0 Å². The highest BCUT2D eigenvalue weighted by atomic mass is 19.1. The summed E-state index contributed by atoms with van der Waals surface area (Å²) in [6, 6.07) is 25.2. The van der Waals surface area contributed by atoms with Gasteiger partial charge in [-0.25, -0.2) is 9.37 Å². The molecule has 4 nitrogen and oxygen atoms in total. The Bertz CT molecular complexity index is 1450. The lowest BCUT2D eigenvalue weighted by atomic mass is 10.0. The van der Waals surface area contributed by atoms with E-state index in [1.165, 1.54) is 12.1 Å². The Kier molecular flexibility index (Phi) is 4.64. The van der Waals surface area contributed by atoms with Gasteiger partial charge in [-0.1, -0.05) is 48.5 Å². The van der Waals surface area contributed by atoms with Gasteiger partial charge in [-0.3, -0.25) is 9.78 Å². The first-order valence-electron chi connectivity index (χ1n) is 9.92. The van der Waals surface area contributed by atoms with E-state index >= 15 is 0 Å². The normalized spacial score (nSPS) is 11.0. The second-order valence-corrected chi connectivity index (χ2v) is 7.37. The van der Waals surface area contributed by atoms with E-state index in [4.69, 9.17) is 4.98 Å². The predicted octanol–water partition coefficient (Wildman–Crippen LogP) is 6.15. The van der Waals surface area contributed by atoms with Crippen LogP contribution >= 0.6 is 0 Å². The Morgan fingerprint density at radius 3 is 2.39 bits per heavy atom. The summed E-state index contributed by atoms with van der Waals surface area (Å²) in [5, 5.41) is 4.27. The van der Waals surface area contributed by atoms with Crippen LogP contribution in [0, 0.1) is 12.7 Å². The van der Waals surface area contributed by atoms with Crippen LogP contribution in [0.1, 0.15) is 16.1 Å². The molecule has 31 heavy (non-hydrogen) atoms. The van der Waals surface area contributed by atoms with Crippen LogP contribution in [0.15, 0.2) is 84.9 Å². The van der Waals surface area contributed by atoms with E-state index in [-0.39, 0.29) is 11.7 Å². The topological polar surface area (TPSA) is 54.9 Å². The molecule has 2 aromatic heterocycles. The van der Waals surface area contributed by atoms with Crippen LogP contribution in [0.25, 0.3) is 33.1 Å². The van der Waals surface area contributed by atoms with Crippen LogP contribution in [0.2, 0.25) is 0 Å². The zero-order chi connectivity index (χ0) is 21.4. The number of nitrogens with one attached hydrogen (secondary N) is 1. The summed E-state index contributed by atoms with van der Waals surface area (Å²) in [4.78, 5) is 22.6. The maximum absolute atomic E-state index is 13.9. The maximum atomic E-state index is 13.9. The summed E-state index contributed by atoms with van der Waals surface area (Å²) in [5.41, 5.74) is 4.76. The largest absolute Gasteiger partial charge is 0.321 e. The molecule has 5 heteroatoms. The van der Waals surface area contributed by atoms with Crippen molar-refractivity contribution in [3.8, 4) is 11.3 Å². The van der Waals surface area contributed by atoms with Crippen molar-refractivity contribution in [1.82, 2.24) is 9.97 Å². The minimum atomic E-state index is -0.380. The van der Waals surface area contributed by atoms with Gasteiger partial charge < -0.3 is 5.32 Å². The number of rotatable bonds is 3. The van der Waals surface area contributed by atoms with Crippen molar-refractivity contribution in [2.45, 2.75) is 6.92 Å². The first-order chi connectivity index (χ1) is 15.1. The molecule has 0 unspecified atom stereocenters. The fourth-order valence-corrected chi connectivity index (χ4v) is 3.74. The number of halogens is 1. The molecule has 0 fully saturated rings. The molecular formula is C26H18FN3O. The summed E-state index contributed by atoms with van der Waals surface area (Å²) in [6.07, 6.45) is 0. The molecule has 0 saturated heterocycles. The van der Waals surface area contributed by atoms with E-state index in [0.29, 0.717) is 27.8 Å². The molecule has 0 bridgehead atoms. The number of benzene rings is 3. The molecule has 150 valence electrons. The summed E-state index contributed by atoms with van der Waals surface area (Å²) in [5.74, 6) is -0.665. The van der Waals surface area contributed by atoms with Gasteiger partial charge in [0.25, 0.3) is 5.91 Å². The standard InChI is InChI=1S/C26H18FN3O/c1-16-13-25(21-14-18(27)11-12-23(21)28-16)30-26(31)20-15-24(17-7-3-2-4-8-17)29-22-10-6-5-9-19(20)22/h2-15H,1H3,(H,28,30,31). The average Bonchev–Trinajstić information content (AvgIpc) is 2.79. The number of hydrogen-bond donors (Lipinski definition) is 1. The van der Waals surface area contributed by atoms with E-state index in [9.17, 15) is 9.18 Å². The zero-order valence-corrected chi connectivity index (χ0v) is 16.8. The molecule has 0 radical (unpaired) electrons. The highest BCUT2D eigenvalue weighted by molar-refractivity contribution is 6.15. The lowest BCUT2D eigenvalue weighted by molar-refractivity contribution is 0.102. The van der Waals surface area contributed by atoms with Gasteiger partial charge in [0, 0.05) is 22.0 Å². The molecule has 0 spiro atoms. The van der Waals surface area contributed by atoms with Crippen LogP contribution in [0.5, 0.6) is 0 Å². The molecular weight excluding hydrogens is 389 g/mol. The second-order valence-electron chi connectivity index (χ2n) is 7.37. The molecule has 1 N–H and O–H groups in total. The van der Waals surface area contributed by atoms with Gasteiger partial charge in [0.05, 0.1) is 28.0 Å². The number of aryl methyl sites for hydroxylation is 1. The van der Waals surface area contributed by atoms with Gasteiger partial charge in [0.1, 0.15) is 5.82 Å². The fourth-order valence-electron chi connectivity index (χ4n) is 3.74. The Labute approximate surface area is 178 Å². The second kappa shape index (κ2) is 7.61. The first kappa shape index (κ1) is 18.9. The first-order valence-corrected chi connectivity index (χ1v) is 9.92. The number of para-hydroxylation sites is 1. The Morgan fingerprint density at radius 1 is 0.806 bits per heavy atom. The molecule has 0 atom stereocenters. The lowest BCUT2D eigenvalue weighted by Crippen LogP contribution is -2.14. The maximum Gasteiger partial charge on any atom is 0.256 e. The van der Waals surface area contributed by atoms with Crippen molar-refractivity contribution in [2.24, 2.45) is 0 Å². The van der Waals surface area contributed by atoms with Gasteiger partial charge in [0.2, 0.25) is 0 Å². The monoisotopic (exact) mass is 407 g/mol. The molecule has 1 amide bonds. The van der Waals surface area contributed by atoms with Crippen molar-refractivity contribution >= 4 is 33.4 Å². The smallest absolute Gasteiger partial charge is 0.256 e. The molecule has 0 saturated carbocycles. The molecule has 2 heterocycles. The number of pyridine rings is 2. The third-order valence-corrected chi connectivity index (χ3v) is 5.18. The highest BCUT2D eigenvalue weighted by Gasteiger charge is 2.16. The number of hydrogen-bond acceptors (Lipinski definition) is 3. The Balaban J connectivity index is 1.64. The van der Waals surface area contributed by atoms with Crippen LogP contribution in [-0.2, 0) is 0 Å². The quantitative estimate of drug-likeness (QED) is 0.390. The highest BCUT2D eigenvalue weighted by Crippen LogP contribution is 2.28. The van der Waals surface area contributed by atoms with E-state index < -0.39 is 0 Å². The SMILES string of the molecule is Cc1cc(NC(=O)c2cc(-c3ccccc3)nc3ccccc23)c2cc(F)ccc2n1. The van der Waals surface area contributed by atoms with Crippen molar-refractivity contribution in [3.63, 3.8) is 0 Å². The Hall–Kier alpha value is -4.12. The summed E-state index contributed by atoms with van der Waals surface area (Å²) < 4.78 is 13.9. The zero-order valence-electron chi connectivity index (χ0n) is 16.8. The van der Waals surface area contributed by atoms with E-state index in [1.54, 1.807) is 18.2 Å². The molecule has 3 aromatic carbocycles. The minimum Gasteiger partial charge on any atom is -0.321 e. The van der Waals surface area contributed by atoms with Crippen molar-refractivity contribution < 1.29 is 9.18 Å². The van der Waals surface area contributed by atoms with Crippen LogP contribution < -0.4 is 5.32 Å². The van der Waals surface area contributed by atoms with Gasteiger partial charge in [-0.15, -0.1) is 0 Å². The molecule has 0 aliphatic rings. The van der Waals surface area contributed by atoms with Gasteiger partial charge in [-0.05, 0) is 43.3 Å². The predicted molar refractivity (Wildman–Crippen MR) is 122 cm³/mol. The molecule has 0 aliphatic heterocycles. The number of carbonyl (C=O) groups is 1. The van der Waals surface area contributed by atoms with Crippen LogP contribution in [0.4, 0.5) is 10.1 Å². The van der Waals surface area contributed by atoms with E-state index in [2.05, 4.69) is 10.3 Å². The minimum absolute atomic E-state index is 0.285. The summed E-state index contributed by atoms with van der Waals surface area (Å²) >= 11 is 0. The van der Waals surface area contributed by atoms with Crippen molar-refractivity contribution in [3.05, 3.63) is 102 Å². The summed E-state index contributed by atoms with van der Waals surface area (Å²) in [7, 11) is 0. The van der Waals surface area contributed by atoms with Crippen molar-refractivity contribution in [2.75, 3.05) is 5.32 Å². The molecule has 5 rings (SSSR count). The summed E-state index contributed by atoms with van der Waals surface area (Å²) in [6.45, 7) is 1.84. The number of fused-ring (bicyclic) bond motifs is 2. The number of carbonyl (C=O) groups excluding carboxylic acids is 1. The average molecular weight is 407 g/mol. The number of aromatic nitrogens is 2. The number of nitrogens with zero attached hydrogens (tertiary/aromatic N) is 2. The third kappa shape index (κ3) is 3.62. The van der Waals surface area contributed by atoms with E-state index in [0.717, 1.165) is 22.2 Å². The third-order valence-electron chi connectivity index (χ3n) is 5.18. The number of amides is 1. The van der Waals surface area contributed by atoms with Crippen molar-refractivity contribution in [1.29, 1.82) is 0 Å². The molecule has 0 aliphatic carbocycles. The van der Waals surface area contributed by atoms with Gasteiger partial charge >= 0.3 is 0 Å². The van der Waals surface area contributed by atoms with Gasteiger partial charge in [-0.2, -0.15) is 0 Å². The number of anilines is 1. The van der Waals surface area contributed by atoms with Crippen LogP contribution in [-0.4, -0.2) is 15.9 Å². The Morgan fingerprint density at radius 2 is 1.55 bits per heavy atom. The fraction of sp³-hybridized carbons (Fsp3) is 0.0385.